The minimum Gasteiger partial charge on any atom is -0.139 e. The molecule has 3 heterocycles. The Labute approximate surface area is 91.9 Å². The first-order valence-corrected chi connectivity index (χ1v) is 8.43. The Morgan fingerprint density at radius 2 is 0.600 bits per heavy atom. The summed E-state index contributed by atoms with van der Waals surface area (Å²) < 4.78 is 0. The van der Waals surface area contributed by atoms with Crippen molar-refractivity contribution in [2.24, 2.45) is 0 Å². The molecule has 0 aliphatic heterocycles. The highest BCUT2D eigenvalue weighted by Gasteiger charge is 2.08. The smallest absolute Gasteiger partial charge is 0.00553 e. The molecule has 4 rings (SSSR count). The van der Waals surface area contributed by atoms with Crippen molar-refractivity contribution in [1.29, 1.82) is 0 Å². The highest BCUT2D eigenvalue weighted by molar-refractivity contribution is 7.31. The van der Waals surface area contributed by atoms with Gasteiger partial charge in [0.1, 0.15) is 0 Å². The monoisotopic (exact) mass is 246 g/mol. The van der Waals surface area contributed by atoms with Gasteiger partial charge in [0.15, 0.2) is 0 Å². The lowest BCUT2D eigenvalue weighted by Gasteiger charge is -1.98. The maximum absolute atomic E-state index is 2.41. The molecule has 72 valence electrons. The van der Waals surface area contributed by atoms with Crippen LogP contribution in [0, 0.1) is 0 Å². The summed E-state index contributed by atoms with van der Waals surface area (Å²) in [6, 6.07) is 0. The van der Waals surface area contributed by atoms with E-state index in [2.05, 4.69) is 34.8 Å². The second kappa shape index (κ2) is 2.93. The average Bonchev–Trinajstić information content (AvgIpc) is 2.97. The third-order valence-electron chi connectivity index (χ3n) is 3.11. The van der Waals surface area contributed by atoms with Crippen LogP contribution in [-0.2, 0) is 0 Å². The van der Waals surface area contributed by atoms with E-state index in [4.69, 9.17) is 0 Å². The average molecular weight is 246 g/mol. The van der Waals surface area contributed by atoms with E-state index < -0.39 is 0 Å². The zero-order valence-electron chi connectivity index (χ0n) is 7.96. The largest absolute Gasteiger partial charge is 0.139 e. The summed E-state index contributed by atoms with van der Waals surface area (Å²) in [5.41, 5.74) is 0. The first kappa shape index (κ1) is 8.49. The Kier molecular flexibility index (Phi) is 1.66. The summed E-state index contributed by atoms with van der Waals surface area (Å²) >= 11 is 0. The number of rotatable bonds is 0. The quantitative estimate of drug-likeness (QED) is 0.398. The molecule has 0 radical (unpaired) electrons. The van der Waals surface area contributed by atoms with E-state index in [1.807, 2.05) is 0 Å². The van der Waals surface area contributed by atoms with Gasteiger partial charge in [0, 0.05) is 0 Å². The zero-order valence-corrected chi connectivity index (χ0v) is 11.0. The fourth-order valence-electron chi connectivity index (χ4n) is 2.43. The summed E-state index contributed by atoms with van der Waals surface area (Å²) in [4.78, 5) is 0. The minimum atomic E-state index is 0.882. The van der Waals surface area contributed by atoms with Crippen LogP contribution in [0.25, 0.3) is 32.3 Å². The lowest BCUT2D eigenvalue weighted by Crippen LogP contribution is -1.70. The summed E-state index contributed by atoms with van der Waals surface area (Å²) in [5.74, 6) is 14.4. The number of benzene rings is 1. The van der Waals surface area contributed by atoms with Crippen molar-refractivity contribution in [3.8, 4) is 0 Å². The molecule has 1 aromatic carbocycles. The van der Waals surface area contributed by atoms with Crippen molar-refractivity contribution < 1.29 is 0 Å². The Balaban J connectivity index is 2.56. The van der Waals surface area contributed by atoms with Crippen LogP contribution in [0.4, 0.5) is 0 Å². The normalized spacial score (nSPS) is 13.6. The fourth-order valence-corrected chi connectivity index (χ4v) is 5.54. The Bertz CT molecular complexity index is 575. The van der Waals surface area contributed by atoms with Crippen LogP contribution in [0.3, 0.4) is 0 Å². The molecule has 0 atom stereocenters. The van der Waals surface area contributed by atoms with Crippen LogP contribution in [0.5, 0.6) is 0 Å². The predicted octanol–water partition coefficient (Wildman–Crippen LogP) is 5.24. The second-order valence-corrected chi connectivity index (χ2v) is 6.58. The zero-order chi connectivity index (χ0) is 9.83. The van der Waals surface area contributed by atoms with E-state index in [1.165, 1.54) is 32.3 Å². The molecule has 0 saturated carbocycles. The van der Waals surface area contributed by atoms with Gasteiger partial charge in [-0.2, -0.15) is 0 Å². The molecular formula is C12H9P3. The highest BCUT2D eigenvalue weighted by atomic mass is 31.0. The topological polar surface area (TPSA) is 0 Å². The molecule has 3 aromatic heterocycles. The highest BCUT2D eigenvalue weighted by Crippen LogP contribution is 2.42. The van der Waals surface area contributed by atoms with Gasteiger partial charge in [-0.1, -0.05) is 0 Å². The van der Waals surface area contributed by atoms with E-state index in [9.17, 15) is 0 Å². The standard InChI is InChI=1S/C12H9P3/c1-7-8(2-13-1)10-4-15-6-12(10)11-5-14-3-9(7)11/h1-6,13-15H. The first-order valence-electron chi connectivity index (χ1n) is 4.96. The van der Waals surface area contributed by atoms with Crippen molar-refractivity contribution >= 4 is 56.9 Å². The molecule has 0 aliphatic carbocycles. The summed E-state index contributed by atoms with van der Waals surface area (Å²) in [5, 5.41) is 9.08. The van der Waals surface area contributed by atoms with Crippen LogP contribution in [0.1, 0.15) is 0 Å². The first-order chi connectivity index (χ1) is 7.45. The van der Waals surface area contributed by atoms with Crippen LogP contribution in [0.2, 0.25) is 0 Å². The maximum Gasteiger partial charge on any atom is -0.00553 e. The van der Waals surface area contributed by atoms with Gasteiger partial charge >= 0.3 is 0 Å². The minimum absolute atomic E-state index is 0.882. The van der Waals surface area contributed by atoms with Gasteiger partial charge in [0.2, 0.25) is 0 Å². The van der Waals surface area contributed by atoms with Crippen molar-refractivity contribution in [1.82, 2.24) is 0 Å². The molecule has 0 amide bonds. The number of fused-ring (bicyclic) bond motifs is 6. The third kappa shape index (κ3) is 1.00. The van der Waals surface area contributed by atoms with Crippen LogP contribution >= 0.6 is 24.6 Å². The lowest BCUT2D eigenvalue weighted by atomic mass is 10.0. The molecular weight excluding hydrogens is 237 g/mol. The van der Waals surface area contributed by atoms with Crippen LogP contribution in [0.15, 0.2) is 34.8 Å². The van der Waals surface area contributed by atoms with E-state index in [1.54, 1.807) is 0 Å². The number of hydrogen-bond acceptors (Lipinski definition) is 0. The molecule has 0 nitrogen and oxygen atoms in total. The van der Waals surface area contributed by atoms with Crippen molar-refractivity contribution in [3.05, 3.63) is 34.8 Å². The lowest BCUT2D eigenvalue weighted by molar-refractivity contribution is 2.16. The Morgan fingerprint density at radius 1 is 0.400 bits per heavy atom. The predicted molar refractivity (Wildman–Crippen MR) is 77.5 cm³/mol. The van der Waals surface area contributed by atoms with Gasteiger partial charge in [0.05, 0.1) is 0 Å². The van der Waals surface area contributed by atoms with Crippen molar-refractivity contribution in [2.45, 2.75) is 0 Å². The van der Waals surface area contributed by atoms with Gasteiger partial charge in [-0.15, -0.1) is 24.6 Å². The molecule has 0 unspecified atom stereocenters. The van der Waals surface area contributed by atoms with E-state index in [0.29, 0.717) is 0 Å². The second-order valence-electron chi connectivity index (χ2n) is 3.85. The van der Waals surface area contributed by atoms with Gasteiger partial charge in [-0.05, 0) is 67.1 Å². The van der Waals surface area contributed by atoms with Crippen LogP contribution < -0.4 is 0 Å². The maximum atomic E-state index is 2.41. The molecule has 0 aliphatic rings. The Hall–Kier alpha value is -0.660. The molecule has 15 heavy (non-hydrogen) atoms. The van der Waals surface area contributed by atoms with Gasteiger partial charge in [-0.3, -0.25) is 0 Å². The summed E-state index contributed by atoms with van der Waals surface area (Å²) in [6.45, 7) is 0. The SMILES string of the molecule is c1[pH]cc2c1c1c[pH]cc1c1c[pH]cc21. The van der Waals surface area contributed by atoms with Crippen molar-refractivity contribution in [2.75, 3.05) is 0 Å². The van der Waals surface area contributed by atoms with E-state index in [-0.39, 0.29) is 0 Å². The molecule has 0 fully saturated rings. The van der Waals surface area contributed by atoms with Gasteiger partial charge < -0.3 is 0 Å². The number of hydrogen-bond donors (Lipinski definition) is 0. The summed E-state index contributed by atoms with van der Waals surface area (Å²) in [7, 11) is 2.65. The van der Waals surface area contributed by atoms with Gasteiger partial charge in [0.25, 0.3) is 0 Å². The van der Waals surface area contributed by atoms with E-state index in [0.717, 1.165) is 24.6 Å². The summed E-state index contributed by atoms with van der Waals surface area (Å²) in [6.07, 6.45) is 0. The fraction of sp³-hybridized carbons (Fsp3) is 0. The van der Waals surface area contributed by atoms with Gasteiger partial charge in [-0.25, -0.2) is 0 Å². The Morgan fingerprint density at radius 3 is 0.800 bits per heavy atom. The molecule has 3 heteroatoms. The molecule has 0 N–H and O–H groups in total. The van der Waals surface area contributed by atoms with E-state index >= 15 is 0 Å². The molecule has 0 saturated heterocycles. The third-order valence-corrected chi connectivity index (χ3v) is 5.84. The van der Waals surface area contributed by atoms with Crippen molar-refractivity contribution in [3.63, 3.8) is 0 Å². The molecule has 4 aromatic rings. The molecule has 0 bridgehead atoms. The van der Waals surface area contributed by atoms with Crippen LogP contribution in [-0.4, -0.2) is 0 Å². The molecule has 0 spiro atoms.